The normalized spacial score (nSPS) is 10.2. The van der Waals surface area contributed by atoms with Gasteiger partial charge in [-0.2, -0.15) is 0 Å². The molecule has 0 radical (unpaired) electrons. The second kappa shape index (κ2) is 5.46. The van der Waals surface area contributed by atoms with Gasteiger partial charge in [-0.3, -0.25) is 10.1 Å². The fourth-order valence-electron chi connectivity index (χ4n) is 1.37. The Balaban J connectivity index is 2.07. The van der Waals surface area contributed by atoms with Gasteiger partial charge in [0.25, 0.3) is 5.69 Å². The minimum absolute atomic E-state index is 0.0697. The smallest absolute Gasteiger partial charge is 0.292 e. The van der Waals surface area contributed by atoms with Gasteiger partial charge in [0.1, 0.15) is 5.69 Å². The van der Waals surface area contributed by atoms with E-state index in [2.05, 4.69) is 9.97 Å². The van der Waals surface area contributed by atoms with Crippen LogP contribution in [0.5, 0.6) is 0 Å². The zero-order chi connectivity index (χ0) is 13.0. The molecule has 1 heterocycles. The lowest BCUT2D eigenvalue weighted by Crippen LogP contribution is -1.96. The standard InChI is InChI=1S/C11H10N4O2S/c12-9-6-8(2-3-10(9)15(16)17)7-18-11-13-4-1-5-14-11/h1-6H,7,12H2. The van der Waals surface area contributed by atoms with Gasteiger partial charge in [0.2, 0.25) is 0 Å². The van der Waals surface area contributed by atoms with Crippen molar-refractivity contribution in [3.63, 3.8) is 0 Å². The second-order valence-electron chi connectivity index (χ2n) is 3.47. The highest BCUT2D eigenvalue weighted by Gasteiger charge is 2.11. The summed E-state index contributed by atoms with van der Waals surface area (Å²) in [7, 11) is 0. The third-order valence-corrected chi connectivity index (χ3v) is 3.15. The van der Waals surface area contributed by atoms with E-state index in [4.69, 9.17) is 5.73 Å². The first kappa shape index (κ1) is 12.3. The lowest BCUT2D eigenvalue weighted by molar-refractivity contribution is -0.383. The number of benzene rings is 1. The summed E-state index contributed by atoms with van der Waals surface area (Å²) >= 11 is 1.45. The predicted octanol–water partition coefficient (Wildman–Crippen LogP) is 2.26. The molecular weight excluding hydrogens is 252 g/mol. The number of nitrogens with two attached hydrogens (primary N) is 1. The van der Waals surface area contributed by atoms with Crippen LogP contribution in [-0.4, -0.2) is 14.9 Å². The number of anilines is 1. The Morgan fingerprint density at radius 3 is 2.67 bits per heavy atom. The molecule has 2 aromatic rings. The third-order valence-electron chi connectivity index (χ3n) is 2.20. The van der Waals surface area contributed by atoms with Gasteiger partial charge in [-0.05, 0) is 17.7 Å². The molecule has 0 aliphatic carbocycles. The molecule has 2 N–H and O–H groups in total. The lowest BCUT2D eigenvalue weighted by Gasteiger charge is -2.02. The predicted molar refractivity (Wildman–Crippen MR) is 69.1 cm³/mol. The Kier molecular flexibility index (Phi) is 3.73. The number of thioether (sulfide) groups is 1. The molecule has 0 aliphatic rings. The van der Waals surface area contributed by atoms with Gasteiger partial charge in [0.15, 0.2) is 5.16 Å². The molecule has 0 aliphatic heterocycles. The number of nitro benzene ring substituents is 1. The molecule has 0 saturated carbocycles. The number of aromatic nitrogens is 2. The maximum absolute atomic E-state index is 10.6. The SMILES string of the molecule is Nc1cc(CSc2ncccn2)ccc1[N+](=O)[O-]. The van der Waals surface area contributed by atoms with Crippen molar-refractivity contribution in [2.24, 2.45) is 0 Å². The number of hydrogen-bond acceptors (Lipinski definition) is 6. The summed E-state index contributed by atoms with van der Waals surface area (Å²) in [5.41, 5.74) is 6.61. The van der Waals surface area contributed by atoms with Crippen LogP contribution in [0, 0.1) is 10.1 Å². The van der Waals surface area contributed by atoms with E-state index in [9.17, 15) is 10.1 Å². The lowest BCUT2D eigenvalue weighted by atomic mass is 10.2. The fraction of sp³-hybridized carbons (Fsp3) is 0.0909. The van der Waals surface area contributed by atoms with E-state index in [1.807, 2.05) is 0 Å². The molecule has 2 rings (SSSR count). The van der Waals surface area contributed by atoms with Crippen molar-refractivity contribution >= 4 is 23.1 Å². The van der Waals surface area contributed by atoms with Crippen molar-refractivity contribution in [3.8, 4) is 0 Å². The van der Waals surface area contributed by atoms with Crippen LogP contribution >= 0.6 is 11.8 Å². The fourth-order valence-corrected chi connectivity index (χ4v) is 2.11. The topological polar surface area (TPSA) is 94.9 Å². The van der Waals surface area contributed by atoms with E-state index in [1.54, 1.807) is 30.6 Å². The Morgan fingerprint density at radius 1 is 1.33 bits per heavy atom. The molecule has 0 spiro atoms. The van der Waals surface area contributed by atoms with Gasteiger partial charge in [-0.1, -0.05) is 17.8 Å². The van der Waals surface area contributed by atoms with Crippen LogP contribution in [0.4, 0.5) is 11.4 Å². The Hall–Kier alpha value is -2.15. The number of rotatable bonds is 4. The number of nitrogens with zero attached hydrogens (tertiary/aromatic N) is 3. The quantitative estimate of drug-likeness (QED) is 0.298. The van der Waals surface area contributed by atoms with Crippen LogP contribution in [0.1, 0.15) is 5.56 Å². The molecule has 92 valence electrons. The summed E-state index contributed by atoms with van der Waals surface area (Å²) in [5.74, 6) is 0.617. The molecule has 1 aromatic carbocycles. The maximum atomic E-state index is 10.6. The van der Waals surface area contributed by atoms with Gasteiger partial charge in [-0.15, -0.1) is 0 Å². The monoisotopic (exact) mass is 262 g/mol. The van der Waals surface area contributed by atoms with Gasteiger partial charge < -0.3 is 5.73 Å². The van der Waals surface area contributed by atoms with Gasteiger partial charge in [0.05, 0.1) is 4.92 Å². The van der Waals surface area contributed by atoms with Crippen molar-refractivity contribution in [3.05, 3.63) is 52.3 Å². The number of nitrogen functional groups attached to an aromatic ring is 1. The number of nitro groups is 1. The highest BCUT2D eigenvalue weighted by atomic mass is 32.2. The van der Waals surface area contributed by atoms with E-state index in [1.165, 1.54) is 17.8 Å². The molecule has 0 bridgehead atoms. The van der Waals surface area contributed by atoms with Crippen LogP contribution in [0.3, 0.4) is 0 Å². The molecule has 0 saturated heterocycles. The van der Waals surface area contributed by atoms with E-state index in [0.717, 1.165) is 5.56 Å². The van der Waals surface area contributed by atoms with Gasteiger partial charge >= 0.3 is 0 Å². The summed E-state index contributed by atoms with van der Waals surface area (Å²) in [6, 6.07) is 6.45. The summed E-state index contributed by atoms with van der Waals surface area (Å²) in [6.07, 6.45) is 3.33. The maximum Gasteiger partial charge on any atom is 0.292 e. The highest BCUT2D eigenvalue weighted by molar-refractivity contribution is 7.98. The van der Waals surface area contributed by atoms with Crippen LogP contribution in [0.25, 0.3) is 0 Å². The summed E-state index contributed by atoms with van der Waals surface area (Å²) in [6.45, 7) is 0. The summed E-state index contributed by atoms with van der Waals surface area (Å²) in [4.78, 5) is 18.3. The van der Waals surface area contributed by atoms with Crippen LogP contribution < -0.4 is 5.73 Å². The minimum atomic E-state index is -0.493. The van der Waals surface area contributed by atoms with Crippen LogP contribution in [0.15, 0.2) is 41.8 Å². The van der Waals surface area contributed by atoms with E-state index in [0.29, 0.717) is 10.9 Å². The Bertz CT molecular complexity index is 562. The van der Waals surface area contributed by atoms with Crippen molar-refractivity contribution in [2.45, 2.75) is 10.9 Å². The molecule has 0 fully saturated rings. The molecule has 7 heteroatoms. The Labute approximate surface area is 107 Å². The van der Waals surface area contributed by atoms with Crippen molar-refractivity contribution < 1.29 is 4.92 Å². The molecular formula is C11H10N4O2S. The largest absolute Gasteiger partial charge is 0.393 e. The molecule has 0 amide bonds. The summed E-state index contributed by atoms with van der Waals surface area (Å²) in [5, 5.41) is 11.3. The van der Waals surface area contributed by atoms with E-state index >= 15 is 0 Å². The Morgan fingerprint density at radius 2 is 2.06 bits per heavy atom. The first-order valence-corrected chi connectivity index (χ1v) is 6.08. The molecule has 0 atom stereocenters. The average Bonchev–Trinajstić information content (AvgIpc) is 2.37. The third kappa shape index (κ3) is 2.95. The van der Waals surface area contributed by atoms with Crippen LogP contribution in [-0.2, 0) is 5.75 Å². The molecule has 6 nitrogen and oxygen atoms in total. The van der Waals surface area contributed by atoms with E-state index in [-0.39, 0.29) is 11.4 Å². The second-order valence-corrected chi connectivity index (χ2v) is 4.41. The molecule has 0 unspecified atom stereocenters. The summed E-state index contributed by atoms with van der Waals surface area (Å²) < 4.78 is 0. The minimum Gasteiger partial charge on any atom is -0.393 e. The average molecular weight is 262 g/mol. The molecule has 18 heavy (non-hydrogen) atoms. The van der Waals surface area contributed by atoms with Gasteiger partial charge in [0, 0.05) is 24.2 Å². The number of hydrogen-bond donors (Lipinski definition) is 1. The van der Waals surface area contributed by atoms with Crippen LogP contribution in [0.2, 0.25) is 0 Å². The molecule has 1 aromatic heterocycles. The van der Waals surface area contributed by atoms with Crippen molar-refractivity contribution in [1.29, 1.82) is 0 Å². The zero-order valence-electron chi connectivity index (χ0n) is 9.31. The van der Waals surface area contributed by atoms with Gasteiger partial charge in [-0.25, -0.2) is 9.97 Å². The highest BCUT2D eigenvalue weighted by Crippen LogP contribution is 2.25. The first-order valence-electron chi connectivity index (χ1n) is 5.09. The first-order chi connectivity index (χ1) is 8.66. The van der Waals surface area contributed by atoms with E-state index < -0.39 is 4.92 Å². The zero-order valence-corrected chi connectivity index (χ0v) is 10.1. The van der Waals surface area contributed by atoms with Crippen molar-refractivity contribution in [1.82, 2.24) is 9.97 Å². The van der Waals surface area contributed by atoms with Crippen molar-refractivity contribution in [2.75, 3.05) is 5.73 Å².